The van der Waals surface area contributed by atoms with E-state index in [1.165, 1.54) is 5.56 Å². The molecule has 1 unspecified atom stereocenters. The van der Waals surface area contributed by atoms with Crippen LogP contribution in [0.4, 0.5) is 17.5 Å². The van der Waals surface area contributed by atoms with Crippen molar-refractivity contribution in [2.45, 2.75) is 80.1 Å². The van der Waals surface area contributed by atoms with E-state index in [2.05, 4.69) is 57.0 Å². The van der Waals surface area contributed by atoms with Crippen molar-refractivity contribution in [2.24, 2.45) is 0 Å². The maximum absolute atomic E-state index is 13.5. The molecule has 1 aromatic carbocycles. The van der Waals surface area contributed by atoms with Gasteiger partial charge in [0.25, 0.3) is 0 Å². The van der Waals surface area contributed by atoms with Crippen molar-refractivity contribution >= 4 is 29.3 Å². The summed E-state index contributed by atoms with van der Waals surface area (Å²) in [5.74, 6) is -0.184. The Morgan fingerprint density at radius 2 is 1.71 bits per heavy atom. The van der Waals surface area contributed by atoms with Crippen molar-refractivity contribution in [1.29, 1.82) is 0 Å². The highest BCUT2D eigenvalue weighted by Crippen LogP contribution is 2.40. The van der Waals surface area contributed by atoms with E-state index in [0.717, 1.165) is 42.5 Å². The lowest BCUT2D eigenvalue weighted by Crippen LogP contribution is -2.38. The zero-order valence-electron chi connectivity index (χ0n) is 21.8. The predicted molar refractivity (Wildman–Crippen MR) is 138 cm³/mol. The van der Waals surface area contributed by atoms with Crippen LogP contribution < -0.4 is 15.1 Å². The Kier molecular flexibility index (Phi) is 8.28. The van der Waals surface area contributed by atoms with Crippen molar-refractivity contribution in [3.05, 3.63) is 40.1 Å². The highest BCUT2D eigenvalue weighted by atomic mass is 16.2. The molecule has 3 rings (SSSR count). The van der Waals surface area contributed by atoms with Crippen LogP contribution in [-0.2, 0) is 9.59 Å². The van der Waals surface area contributed by atoms with Gasteiger partial charge >= 0.3 is 0 Å². The maximum Gasteiger partial charge on any atom is 0.245 e. The molecule has 7 nitrogen and oxygen atoms in total. The van der Waals surface area contributed by atoms with E-state index in [1.807, 2.05) is 13.8 Å². The summed E-state index contributed by atoms with van der Waals surface area (Å²) in [7, 11) is 0. The van der Waals surface area contributed by atoms with E-state index < -0.39 is 5.92 Å². The molecule has 0 spiro atoms. The number of aryl methyl sites for hydroxylation is 4. The molecular weight excluding hydrogens is 426 g/mol. The van der Waals surface area contributed by atoms with E-state index in [1.54, 1.807) is 4.90 Å². The van der Waals surface area contributed by atoms with E-state index in [-0.39, 0.29) is 11.8 Å². The maximum atomic E-state index is 13.5. The average Bonchev–Trinajstić information content (AvgIpc) is 3.06. The van der Waals surface area contributed by atoms with Crippen LogP contribution in [0.15, 0.2) is 12.1 Å². The topological polar surface area (TPSA) is 78.4 Å². The molecule has 0 bridgehead atoms. The number of hydrogen-bond donors (Lipinski definition) is 1. The second-order valence-corrected chi connectivity index (χ2v) is 9.26. The molecule has 0 radical (unpaired) electrons. The molecule has 184 valence electrons. The summed E-state index contributed by atoms with van der Waals surface area (Å²) in [6.07, 6.45) is 3.76. The van der Waals surface area contributed by atoms with Crippen molar-refractivity contribution in [3.8, 4) is 0 Å². The van der Waals surface area contributed by atoms with Crippen LogP contribution in [0.1, 0.15) is 80.3 Å². The molecule has 1 aliphatic rings. The number of unbranched alkanes of at least 4 members (excludes halogenated alkanes) is 2. The molecule has 0 saturated heterocycles. The normalized spacial score (nSPS) is 15.0. The van der Waals surface area contributed by atoms with Gasteiger partial charge in [-0.05, 0) is 58.6 Å². The Morgan fingerprint density at radius 3 is 2.29 bits per heavy atom. The molecule has 0 aliphatic carbocycles. The van der Waals surface area contributed by atoms with Gasteiger partial charge in [-0.3, -0.25) is 14.5 Å². The first-order valence-electron chi connectivity index (χ1n) is 12.6. The zero-order valence-corrected chi connectivity index (χ0v) is 21.8. The molecule has 7 heteroatoms. The number of carbonyl (C=O) groups excluding carboxylic acids is 2. The lowest BCUT2D eigenvalue weighted by atomic mass is 9.99. The van der Waals surface area contributed by atoms with Crippen molar-refractivity contribution in [1.82, 2.24) is 15.3 Å². The first-order chi connectivity index (χ1) is 16.2. The van der Waals surface area contributed by atoms with Crippen LogP contribution in [-0.4, -0.2) is 41.4 Å². The number of anilines is 3. The van der Waals surface area contributed by atoms with Crippen LogP contribution in [0.3, 0.4) is 0 Å². The Hall–Kier alpha value is -2.96. The second-order valence-electron chi connectivity index (χ2n) is 9.26. The van der Waals surface area contributed by atoms with Crippen LogP contribution in [0.2, 0.25) is 0 Å². The SMILES string of the molecule is CCCCCN1C(=O)C(C(=O)NCCC)c2c(C)nc(N(CC)c3c(C)cc(C)cc3C)nc21. The molecule has 1 atom stereocenters. The Bertz CT molecular complexity index is 1040. The van der Waals surface area contributed by atoms with Crippen molar-refractivity contribution in [3.63, 3.8) is 0 Å². The third kappa shape index (κ3) is 4.93. The summed E-state index contributed by atoms with van der Waals surface area (Å²) in [6, 6.07) is 4.33. The predicted octanol–water partition coefficient (Wildman–Crippen LogP) is 5.01. The monoisotopic (exact) mass is 465 g/mol. The van der Waals surface area contributed by atoms with E-state index in [4.69, 9.17) is 9.97 Å². The van der Waals surface area contributed by atoms with Crippen molar-refractivity contribution < 1.29 is 9.59 Å². The van der Waals surface area contributed by atoms with Gasteiger partial charge in [0.05, 0.1) is 0 Å². The van der Waals surface area contributed by atoms with Crippen LogP contribution in [0, 0.1) is 27.7 Å². The fourth-order valence-corrected chi connectivity index (χ4v) is 4.93. The zero-order chi connectivity index (χ0) is 25.0. The van der Waals surface area contributed by atoms with E-state index >= 15 is 0 Å². The molecule has 1 aliphatic heterocycles. The summed E-state index contributed by atoms with van der Waals surface area (Å²) >= 11 is 0. The average molecular weight is 466 g/mol. The Morgan fingerprint density at radius 1 is 1.03 bits per heavy atom. The van der Waals surface area contributed by atoms with Crippen LogP contribution in [0.5, 0.6) is 0 Å². The molecule has 34 heavy (non-hydrogen) atoms. The van der Waals surface area contributed by atoms with E-state index in [9.17, 15) is 9.59 Å². The lowest BCUT2D eigenvalue weighted by molar-refractivity contribution is -0.129. The minimum atomic E-state index is -0.879. The fraction of sp³-hybridized carbons (Fsp3) is 0.556. The number of nitrogens with zero attached hydrogens (tertiary/aromatic N) is 4. The molecule has 2 amide bonds. The molecule has 0 saturated carbocycles. The van der Waals surface area contributed by atoms with Gasteiger partial charge in [-0.25, -0.2) is 4.98 Å². The van der Waals surface area contributed by atoms with Gasteiger partial charge < -0.3 is 10.2 Å². The number of fused-ring (bicyclic) bond motifs is 1. The van der Waals surface area contributed by atoms with Gasteiger partial charge in [-0.1, -0.05) is 44.4 Å². The fourth-order valence-electron chi connectivity index (χ4n) is 4.93. The number of rotatable bonds is 10. The third-order valence-corrected chi connectivity index (χ3v) is 6.42. The number of nitrogens with one attached hydrogen (secondary N) is 1. The molecule has 1 N–H and O–H groups in total. The first-order valence-corrected chi connectivity index (χ1v) is 12.6. The summed E-state index contributed by atoms with van der Waals surface area (Å²) < 4.78 is 0. The first kappa shape index (κ1) is 25.7. The van der Waals surface area contributed by atoms with Gasteiger partial charge in [0, 0.05) is 36.6 Å². The van der Waals surface area contributed by atoms with E-state index in [0.29, 0.717) is 42.7 Å². The molecular formula is C27H39N5O2. The minimum Gasteiger partial charge on any atom is -0.355 e. The van der Waals surface area contributed by atoms with Gasteiger partial charge in [-0.2, -0.15) is 4.98 Å². The summed E-state index contributed by atoms with van der Waals surface area (Å²) in [5, 5.41) is 2.90. The Labute approximate surface area is 204 Å². The van der Waals surface area contributed by atoms with Crippen molar-refractivity contribution in [2.75, 3.05) is 29.4 Å². The number of amides is 2. The molecule has 0 fully saturated rings. The molecule has 2 aromatic rings. The minimum absolute atomic E-state index is 0.194. The summed E-state index contributed by atoms with van der Waals surface area (Å²) in [5.41, 5.74) is 5.96. The highest BCUT2D eigenvalue weighted by molar-refractivity contribution is 6.17. The summed E-state index contributed by atoms with van der Waals surface area (Å²) in [6.45, 7) is 16.2. The summed E-state index contributed by atoms with van der Waals surface area (Å²) in [4.78, 5) is 40.0. The van der Waals surface area contributed by atoms with Gasteiger partial charge in [0.15, 0.2) is 0 Å². The number of carbonyl (C=O) groups is 2. The largest absolute Gasteiger partial charge is 0.355 e. The second kappa shape index (κ2) is 11.0. The van der Waals surface area contributed by atoms with Crippen LogP contribution >= 0.6 is 0 Å². The van der Waals surface area contributed by atoms with Gasteiger partial charge in [0.1, 0.15) is 11.7 Å². The van der Waals surface area contributed by atoms with Crippen LogP contribution in [0.25, 0.3) is 0 Å². The highest BCUT2D eigenvalue weighted by Gasteiger charge is 2.44. The third-order valence-electron chi connectivity index (χ3n) is 6.42. The number of aromatic nitrogens is 2. The quantitative estimate of drug-likeness (QED) is 0.394. The van der Waals surface area contributed by atoms with Gasteiger partial charge in [0.2, 0.25) is 17.8 Å². The smallest absolute Gasteiger partial charge is 0.245 e. The number of hydrogen-bond acceptors (Lipinski definition) is 5. The Balaban J connectivity index is 2.11. The number of benzene rings is 1. The van der Waals surface area contributed by atoms with Gasteiger partial charge in [-0.15, -0.1) is 0 Å². The lowest BCUT2D eigenvalue weighted by Gasteiger charge is -2.27. The standard InChI is InChI=1S/C27H39N5O2/c1-8-11-12-14-32-24-21(22(26(32)34)25(33)28-13-9-2)20(7)29-27(30-24)31(10-3)23-18(5)15-17(4)16-19(23)6/h15-16,22H,8-14H2,1-7H3,(H,28,33). The molecule has 1 aromatic heterocycles. The molecule has 2 heterocycles.